The Morgan fingerprint density at radius 3 is 3.00 bits per heavy atom. The molecule has 0 aliphatic carbocycles. The van der Waals surface area contributed by atoms with Gasteiger partial charge in [0.1, 0.15) is 17.9 Å². The number of H-pyrrole nitrogens is 1. The number of carbonyl (C=O) groups excluding carboxylic acids is 1. The van der Waals surface area contributed by atoms with E-state index in [4.69, 9.17) is 4.74 Å². The van der Waals surface area contributed by atoms with Crippen LogP contribution in [0.15, 0.2) is 24.5 Å². The zero-order chi connectivity index (χ0) is 14.4. The highest BCUT2D eigenvalue weighted by atomic mass is 16.5. The molecule has 0 saturated carbocycles. The van der Waals surface area contributed by atoms with Gasteiger partial charge in [-0.25, -0.2) is 4.98 Å². The number of benzene rings is 1. The Morgan fingerprint density at radius 2 is 2.25 bits per heavy atom. The molecule has 1 aromatic heterocycles. The first-order chi connectivity index (χ1) is 9.66. The minimum atomic E-state index is -0.0771. The predicted octanol–water partition coefficient (Wildman–Crippen LogP) is 1.51. The van der Waals surface area contributed by atoms with E-state index in [0.29, 0.717) is 25.4 Å². The molecule has 0 aliphatic heterocycles. The molecular formula is C14H18N4O2. The Hall–Kier alpha value is -2.37. The number of aromatic amines is 1. The number of hydrogen-bond acceptors (Lipinski definition) is 4. The average Bonchev–Trinajstić information content (AvgIpc) is 2.94. The molecule has 0 saturated heterocycles. The van der Waals surface area contributed by atoms with Crippen LogP contribution < -0.4 is 10.1 Å². The third kappa shape index (κ3) is 3.81. The van der Waals surface area contributed by atoms with Crippen molar-refractivity contribution in [3.63, 3.8) is 0 Å². The van der Waals surface area contributed by atoms with Gasteiger partial charge in [-0.3, -0.25) is 9.89 Å². The van der Waals surface area contributed by atoms with Crippen molar-refractivity contribution in [1.82, 2.24) is 20.5 Å². The number of rotatable bonds is 6. The van der Waals surface area contributed by atoms with Gasteiger partial charge < -0.3 is 10.1 Å². The molecule has 2 N–H and O–H groups in total. The Bertz CT molecular complexity index is 567. The fraction of sp³-hybridized carbons (Fsp3) is 0.357. The third-order valence-electron chi connectivity index (χ3n) is 3.06. The maximum Gasteiger partial charge on any atom is 0.223 e. The van der Waals surface area contributed by atoms with E-state index in [0.717, 1.165) is 11.3 Å². The van der Waals surface area contributed by atoms with Gasteiger partial charge in [0.15, 0.2) is 0 Å². The number of ether oxygens (including phenoxy) is 1. The Morgan fingerprint density at radius 1 is 1.40 bits per heavy atom. The number of amides is 1. The van der Waals surface area contributed by atoms with E-state index in [1.165, 1.54) is 11.9 Å². The molecule has 6 heteroatoms. The number of carbonyl (C=O) groups is 1. The molecule has 0 bridgehead atoms. The summed E-state index contributed by atoms with van der Waals surface area (Å²) in [5.74, 6) is 1.38. The van der Waals surface area contributed by atoms with Crippen LogP contribution in [-0.2, 0) is 11.3 Å². The van der Waals surface area contributed by atoms with Crippen LogP contribution in [0.5, 0.6) is 5.75 Å². The van der Waals surface area contributed by atoms with Gasteiger partial charge in [-0.05, 0) is 31.0 Å². The minimum Gasteiger partial charge on any atom is -0.493 e. The molecule has 1 amide bonds. The van der Waals surface area contributed by atoms with Crippen molar-refractivity contribution in [1.29, 1.82) is 0 Å². The van der Waals surface area contributed by atoms with Gasteiger partial charge in [-0.15, -0.1) is 0 Å². The van der Waals surface area contributed by atoms with Crippen molar-refractivity contribution in [2.45, 2.75) is 26.8 Å². The summed E-state index contributed by atoms with van der Waals surface area (Å²) in [6.07, 6.45) is 1.71. The maximum atomic E-state index is 11.6. The van der Waals surface area contributed by atoms with E-state index in [9.17, 15) is 4.79 Å². The van der Waals surface area contributed by atoms with E-state index in [-0.39, 0.29) is 5.91 Å². The number of hydrogen-bond donors (Lipinski definition) is 2. The zero-order valence-electron chi connectivity index (χ0n) is 11.6. The number of aromatic nitrogens is 3. The van der Waals surface area contributed by atoms with Gasteiger partial charge in [0, 0.05) is 0 Å². The van der Waals surface area contributed by atoms with Crippen LogP contribution in [0.1, 0.15) is 23.4 Å². The highest BCUT2D eigenvalue weighted by Crippen LogP contribution is 2.20. The van der Waals surface area contributed by atoms with Gasteiger partial charge in [-0.1, -0.05) is 12.1 Å². The predicted molar refractivity (Wildman–Crippen MR) is 74.3 cm³/mol. The molecule has 1 heterocycles. The quantitative estimate of drug-likeness (QED) is 0.836. The summed E-state index contributed by atoms with van der Waals surface area (Å²) in [4.78, 5) is 15.6. The lowest BCUT2D eigenvalue weighted by molar-refractivity contribution is -0.121. The maximum absolute atomic E-state index is 11.6. The summed E-state index contributed by atoms with van der Waals surface area (Å²) in [6, 6.07) is 5.89. The summed E-state index contributed by atoms with van der Waals surface area (Å²) in [6.45, 7) is 4.75. The van der Waals surface area contributed by atoms with Gasteiger partial charge >= 0.3 is 0 Å². The van der Waals surface area contributed by atoms with Crippen molar-refractivity contribution in [3.05, 3.63) is 41.5 Å². The van der Waals surface area contributed by atoms with Gasteiger partial charge in [0.05, 0.1) is 19.6 Å². The van der Waals surface area contributed by atoms with Crippen molar-refractivity contribution < 1.29 is 9.53 Å². The standard InChI is InChI=1S/C14H18N4O2/c1-10-4-3-5-12(11(10)2)20-7-6-14(19)15-8-13-16-9-17-18-13/h3-5,9H,6-8H2,1-2H3,(H,15,19)(H,16,17,18). The average molecular weight is 274 g/mol. The van der Waals surface area contributed by atoms with Crippen LogP contribution in [0.4, 0.5) is 0 Å². The molecule has 106 valence electrons. The van der Waals surface area contributed by atoms with Crippen molar-refractivity contribution in [3.8, 4) is 5.75 Å². The normalized spacial score (nSPS) is 10.3. The molecule has 0 radical (unpaired) electrons. The van der Waals surface area contributed by atoms with E-state index in [2.05, 4.69) is 20.5 Å². The Labute approximate surface area is 117 Å². The molecule has 2 aromatic rings. The lowest BCUT2D eigenvalue weighted by Crippen LogP contribution is -2.25. The van der Waals surface area contributed by atoms with Gasteiger partial charge in [-0.2, -0.15) is 5.10 Å². The number of nitrogens with zero attached hydrogens (tertiary/aromatic N) is 2. The number of nitrogens with one attached hydrogen (secondary N) is 2. The molecular weight excluding hydrogens is 256 g/mol. The summed E-state index contributed by atoms with van der Waals surface area (Å²) >= 11 is 0. The second-order valence-electron chi connectivity index (χ2n) is 4.51. The van der Waals surface area contributed by atoms with Crippen LogP contribution in [0.2, 0.25) is 0 Å². The van der Waals surface area contributed by atoms with Crippen molar-refractivity contribution >= 4 is 5.91 Å². The zero-order valence-corrected chi connectivity index (χ0v) is 11.6. The summed E-state index contributed by atoms with van der Waals surface area (Å²) < 4.78 is 5.63. The first-order valence-electron chi connectivity index (χ1n) is 6.47. The van der Waals surface area contributed by atoms with E-state index < -0.39 is 0 Å². The molecule has 20 heavy (non-hydrogen) atoms. The highest BCUT2D eigenvalue weighted by Gasteiger charge is 2.05. The monoisotopic (exact) mass is 274 g/mol. The fourth-order valence-corrected chi connectivity index (χ4v) is 1.72. The molecule has 2 rings (SSSR count). The molecule has 6 nitrogen and oxygen atoms in total. The van der Waals surface area contributed by atoms with Gasteiger partial charge in [0.25, 0.3) is 0 Å². The lowest BCUT2D eigenvalue weighted by Gasteiger charge is -2.10. The van der Waals surface area contributed by atoms with Crippen LogP contribution in [0, 0.1) is 13.8 Å². The van der Waals surface area contributed by atoms with Crippen LogP contribution in [0.25, 0.3) is 0 Å². The third-order valence-corrected chi connectivity index (χ3v) is 3.06. The molecule has 1 aromatic carbocycles. The summed E-state index contributed by atoms with van der Waals surface area (Å²) in [5.41, 5.74) is 2.28. The second-order valence-corrected chi connectivity index (χ2v) is 4.51. The molecule has 0 unspecified atom stereocenters. The van der Waals surface area contributed by atoms with Crippen molar-refractivity contribution in [2.75, 3.05) is 6.61 Å². The number of aryl methyl sites for hydroxylation is 1. The summed E-state index contributed by atoms with van der Waals surface area (Å²) in [5, 5.41) is 9.13. The van der Waals surface area contributed by atoms with Crippen LogP contribution >= 0.6 is 0 Å². The molecule has 0 spiro atoms. The Balaban J connectivity index is 1.72. The second kappa shape index (κ2) is 6.70. The van der Waals surface area contributed by atoms with Crippen molar-refractivity contribution in [2.24, 2.45) is 0 Å². The molecule has 0 aliphatic rings. The van der Waals surface area contributed by atoms with Crippen LogP contribution in [-0.4, -0.2) is 27.7 Å². The van der Waals surface area contributed by atoms with E-state index in [1.54, 1.807) is 0 Å². The topological polar surface area (TPSA) is 79.9 Å². The minimum absolute atomic E-state index is 0.0771. The SMILES string of the molecule is Cc1cccc(OCCC(=O)NCc2ncn[nH]2)c1C. The smallest absolute Gasteiger partial charge is 0.223 e. The fourth-order valence-electron chi connectivity index (χ4n) is 1.72. The first-order valence-corrected chi connectivity index (χ1v) is 6.47. The lowest BCUT2D eigenvalue weighted by atomic mass is 10.1. The highest BCUT2D eigenvalue weighted by molar-refractivity contribution is 5.75. The first kappa shape index (κ1) is 14.0. The van der Waals surface area contributed by atoms with E-state index in [1.807, 2.05) is 32.0 Å². The molecule has 0 atom stereocenters. The Kier molecular flexibility index (Phi) is 4.70. The van der Waals surface area contributed by atoms with E-state index >= 15 is 0 Å². The largest absolute Gasteiger partial charge is 0.493 e. The molecule has 0 fully saturated rings. The van der Waals surface area contributed by atoms with Crippen LogP contribution in [0.3, 0.4) is 0 Å². The summed E-state index contributed by atoms with van der Waals surface area (Å²) in [7, 11) is 0. The van der Waals surface area contributed by atoms with Gasteiger partial charge in [0.2, 0.25) is 5.91 Å².